The van der Waals surface area contributed by atoms with E-state index in [0.29, 0.717) is 11.8 Å². The molecule has 0 saturated carbocycles. The van der Waals surface area contributed by atoms with Crippen LogP contribution in [0.1, 0.15) is 12.5 Å². The number of nitrogens with one attached hydrogen (secondary N) is 1. The van der Waals surface area contributed by atoms with Crippen LogP contribution < -0.4 is 5.32 Å². The number of hydrogen-bond acceptors (Lipinski definition) is 3. The molecule has 1 atom stereocenters. The highest BCUT2D eigenvalue weighted by molar-refractivity contribution is 5.71. The van der Waals surface area contributed by atoms with E-state index in [1.54, 1.807) is 0 Å². The molecule has 1 unspecified atom stereocenters. The van der Waals surface area contributed by atoms with Crippen LogP contribution in [0.2, 0.25) is 0 Å². The molecule has 0 aromatic heterocycles. The van der Waals surface area contributed by atoms with Gasteiger partial charge in [-0.25, -0.2) is 0 Å². The molecule has 2 N–H and O–H groups in total. The second-order valence-electron chi connectivity index (χ2n) is 6.02. The zero-order valence-electron chi connectivity index (χ0n) is 13.1. The summed E-state index contributed by atoms with van der Waals surface area (Å²) in [7, 11) is 0. The van der Waals surface area contributed by atoms with Gasteiger partial charge < -0.3 is 10.4 Å². The topological polar surface area (TPSA) is 35.5 Å². The predicted molar refractivity (Wildman–Crippen MR) is 91.2 cm³/mol. The van der Waals surface area contributed by atoms with E-state index in [4.69, 9.17) is 0 Å². The van der Waals surface area contributed by atoms with Gasteiger partial charge in [-0.3, -0.25) is 4.90 Å². The largest absolute Gasteiger partial charge is 0.507 e. The molecule has 116 valence electrons. The summed E-state index contributed by atoms with van der Waals surface area (Å²) in [6, 6.07) is 16.7. The Morgan fingerprint density at radius 3 is 2.73 bits per heavy atom. The molecule has 0 radical (unpaired) electrons. The normalized spacial score (nSPS) is 19.2. The molecule has 3 rings (SSSR count). The molecule has 2 aromatic rings. The van der Waals surface area contributed by atoms with Crippen molar-refractivity contribution < 1.29 is 5.11 Å². The molecular formula is C19H24N2O. The van der Waals surface area contributed by atoms with Crippen LogP contribution in [0.15, 0.2) is 48.5 Å². The molecule has 0 aliphatic carbocycles. The fourth-order valence-corrected chi connectivity index (χ4v) is 3.12. The van der Waals surface area contributed by atoms with E-state index in [-0.39, 0.29) is 0 Å². The molecule has 1 aliphatic rings. The predicted octanol–water partition coefficient (Wildman–Crippen LogP) is 2.90. The van der Waals surface area contributed by atoms with Crippen molar-refractivity contribution in [2.24, 2.45) is 0 Å². The second-order valence-corrected chi connectivity index (χ2v) is 6.02. The third kappa shape index (κ3) is 3.32. The van der Waals surface area contributed by atoms with E-state index in [2.05, 4.69) is 17.1 Å². The fourth-order valence-electron chi connectivity index (χ4n) is 3.12. The maximum Gasteiger partial charge on any atom is 0.126 e. The van der Waals surface area contributed by atoms with Crippen LogP contribution in [0.5, 0.6) is 5.75 Å². The van der Waals surface area contributed by atoms with Crippen molar-refractivity contribution in [3.63, 3.8) is 0 Å². The lowest BCUT2D eigenvalue weighted by molar-refractivity contribution is 0.175. The Morgan fingerprint density at radius 1 is 1.14 bits per heavy atom. The number of benzene rings is 2. The first-order valence-corrected chi connectivity index (χ1v) is 8.07. The van der Waals surface area contributed by atoms with E-state index in [9.17, 15) is 5.11 Å². The summed E-state index contributed by atoms with van der Waals surface area (Å²) in [4.78, 5) is 2.49. The Bertz CT molecular complexity index is 612. The average Bonchev–Trinajstić information content (AvgIpc) is 2.56. The zero-order valence-corrected chi connectivity index (χ0v) is 13.1. The third-order valence-corrected chi connectivity index (χ3v) is 4.51. The summed E-state index contributed by atoms with van der Waals surface area (Å²) in [6.07, 6.45) is 0.886. The summed E-state index contributed by atoms with van der Waals surface area (Å²) >= 11 is 0. The van der Waals surface area contributed by atoms with Gasteiger partial charge in [0, 0.05) is 37.8 Å². The maximum absolute atomic E-state index is 10.6. The fraction of sp³-hybridized carbons (Fsp3) is 0.368. The lowest BCUT2D eigenvalue weighted by Crippen LogP contribution is -2.50. The Balaban J connectivity index is 1.74. The van der Waals surface area contributed by atoms with Crippen molar-refractivity contribution in [3.05, 3.63) is 54.1 Å². The number of piperazine rings is 1. The van der Waals surface area contributed by atoms with Crippen molar-refractivity contribution in [2.75, 3.05) is 26.2 Å². The summed E-state index contributed by atoms with van der Waals surface area (Å²) in [6.45, 7) is 6.44. The van der Waals surface area contributed by atoms with Gasteiger partial charge in [-0.1, -0.05) is 48.5 Å². The highest BCUT2D eigenvalue weighted by atomic mass is 16.3. The second kappa shape index (κ2) is 6.95. The molecule has 0 amide bonds. The minimum atomic E-state index is 0.427. The number of aromatic hydroxyl groups is 1. The summed E-state index contributed by atoms with van der Waals surface area (Å²) in [5.74, 6) is 0.427. The Morgan fingerprint density at radius 2 is 1.95 bits per heavy atom. The minimum absolute atomic E-state index is 0.427. The van der Waals surface area contributed by atoms with Gasteiger partial charge in [-0.15, -0.1) is 0 Å². The van der Waals surface area contributed by atoms with Crippen molar-refractivity contribution in [1.29, 1.82) is 0 Å². The number of phenols is 1. The lowest BCUT2D eigenvalue weighted by atomic mass is 9.99. The first-order chi connectivity index (χ1) is 10.8. The average molecular weight is 296 g/mol. The molecule has 0 spiro atoms. The van der Waals surface area contributed by atoms with E-state index < -0.39 is 0 Å². The molecule has 0 bridgehead atoms. The first kappa shape index (κ1) is 15.1. The maximum atomic E-state index is 10.6. The van der Waals surface area contributed by atoms with Gasteiger partial charge in [0.2, 0.25) is 0 Å². The van der Waals surface area contributed by atoms with Gasteiger partial charge in [0.1, 0.15) is 5.75 Å². The third-order valence-electron chi connectivity index (χ3n) is 4.51. The SMILES string of the molecule is CC1CNCCN1CCc1cccc(-c2ccccc2)c1O. The van der Waals surface area contributed by atoms with Gasteiger partial charge in [-0.2, -0.15) is 0 Å². The Kier molecular flexibility index (Phi) is 4.76. The van der Waals surface area contributed by atoms with Crippen molar-refractivity contribution in [1.82, 2.24) is 10.2 Å². The van der Waals surface area contributed by atoms with Crippen LogP contribution >= 0.6 is 0 Å². The molecule has 1 aliphatic heterocycles. The zero-order chi connectivity index (χ0) is 15.4. The smallest absolute Gasteiger partial charge is 0.126 e. The molecular weight excluding hydrogens is 272 g/mol. The van der Waals surface area contributed by atoms with E-state index in [1.807, 2.05) is 48.5 Å². The number of para-hydroxylation sites is 1. The highest BCUT2D eigenvalue weighted by Crippen LogP contribution is 2.32. The number of nitrogens with zero attached hydrogens (tertiary/aromatic N) is 1. The molecule has 1 saturated heterocycles. The molecule has 1 heterocycles. The van der Waals surface area contributed by atoms with Crippen LogP contribution in [0.3, 0.4) is 0 Å². The van der Waals surface area contributed by atoms with E-state index >= 15 is 0 Å². The minimum Gasteiger partial charge on any atom is -0.507 e. The summed E-state index contributed by atoms with van der Waals surface area (Å²) < 4.78 is 0. The number of phenolic OH excluding ortho intramolecular Hbond substituents is 1. The highest BCUT2D eigenvalue weighted by Gasteiger charge is 2.18. The van der Waals surface area contributed by atoms with Crippen molar-refractivity contribution >= 4 is 0 Å². The lowest BCUT2D eigenvalue weighted by Gasteiger charge is -2.33. The van der Waals surface area contributed by atoms with Crippen LogP contribution in [0.25, 0.3) is 11.1 Å². The van der Waals surface area contributed by atoms with Crippen LogP contribution in [-0.4, -0.2) is 42.2 Å². The molecule has 3 heteroatoms. The standard InChI is InChI=1S/C19H24N2O/c1-15-14-20-11-13-21(15)12-10-17-8-5-9-18(19(17)22)16-6-3-2-4-7-16/h2-9,15,20,22H,10-14H2,1H3. The van der Waals surface area contributed by atoms with Crippen molar-refractivity contribution in [3.8, 4) is 16.9 Å². The molecule has 3 nitrogen and oxygen atoms in total. The number of hydrogen-bond donors (Lipinski definition) is 2. The molecule has 22 heavy (non-hydrogen) atoms. The van der Waals surface area contributed by atoms with Crippen molar-refractivity contribution in [2.45, 2.75) is 19.4 Å². The quantitative estimate of drug-likeness (QED) is 0.910. The molecule has 2 aromatic carbocycles. The summed E-state index contributed by atoms with van der Waals surface area (Å²) in [5.41, 5.74) is 3.02. The summed E-state index contributed by atoms with van der Waals surface area (Å²) in [5, 5.41) is 14.0. The van der Waals surface area contributed by atoms with Crippen LogP contribution in [-0.2, 0) is 6.42 Å². The molecule has 1 fully saturated rings. The van der Waals surface area contributed by atoms with Gasteiger partial charge in [-0.05, 0) is 24.5 Å². The van der Waals surface area contributed by atoms with Gasteiger partial charge in [0.05, 0.1) is 0 Å². The Hall–Kier alpha value is -1.84. The Labute approximate surface area is 132 Å². The van der Waals surface area contributed by atoms with Gasteiger partial charge in [0.25, 0.3) is 0 Å². The van der Waals surface area contributed by atoms with Gasteiger partial charge in [0.15, 0.2) is 0 Å². The van der Waals surface area contributed by atoms with Crippen LogP contribution in [0.4, 0.5) is 0 Å². The monoisotopic (exact) mass is 296 g/mol. The van der Waals surface area contributed by atoms with Crippen LogP contribution in [0, 0.1) is 0 Å². The first-order valence-electron chi connectivity index (χ1n) is 8.07. The number of rotatable bonds is 4. The van der Waals surface area contributed by atoms with E-state index in [1.165, 1.54) is 0 Å². The van der Waals surface area contributed by atoms with E-state index in [0.717, 1.165) is 49.3 Å². The van der Waals surface area contributed by atoms with Gasteiger partial charge >= 0.3 is 0 Å².